The summed E-state index contributed by atoms with van der Waals surface area (Å²) in [6.07, 6.45) is 84.5. The van der Waals surface area contributed by atoms with Crippen molar-refractivity contribution < 1.29 is 80.2 Å². The summed E-state index contributed by atoms with van der Waals surface area (Å²) in [5.74, 6) is -2.21. The van der Waals surface area contributed by atoms with E-state index in [0.29, 0.717) is 25.7 Å². The van der Waals surface area contributed by atoms with Gasteiger partial charge in [-0.15, -0.1) is 0 Å². The maximum Gasteiger partial charge on any atom is 0.472 e. The molecule has 0 spiro atoms. The van der Waals surface area contributed by atoms with Gasteiger partial charge in [0, 0.05) is 25.7 Å². The van der Waals surface area contributed by atoms with Crippen molar-refractivity contribution in [3.63, 3.8) is 0 Å². The highest BCUT2D eigenvalue weighted by molar-refractivity contribution is 7.47. The zero-order valence-corrected chi connectivity index (χ0v) is 67.2. The normalized spacial score (nSPS) is 14.5. The fraction of sp³-hybridized carbons (Fsp3) is 0.718. The number of hydrogen-bond acceptors (Lipinski definition) is 15. The minimum Gasteiger partial charge on any atom is -0.462 e. The summed E-state index contributed by atoms with van der Waals surface area (Å²) in [7, 11) is -9.97. The first kappa shape index (κ1) is 99.5. The molecule has 3 N–H and O–H groups in total. The lowest BCUT2D eigenvalue weighted by Gasteiger charge is -2.21. The molecule has 0 bridgehead atoms. The predicted octanol–water partition coefficient (Wildman–Crippen LogP) is 23.9. The van der Waals surface area contributed by atoms with Crippen molar-refractivity contribution in [1.82, 2.24) is 0 Å². The van der Waals surface area contributed by atoms with Crippen LogP contribution in [0.25, 0.3) is 0 Å². The van der Waals surface area contributed by atoms with E-state index in [0.717, 1.165) is 205 Å². The van der Waals surface area contributed by atoms with Crippen LogP contribution in [-0.4, -0.2) is 96.7 Å². The fourth-order valence-electron chi connectivity index (χ4n) is 10.8. The molecule has 17 nitrogen and oxygen atoms in total. The molecule has 0 aromatic heterocycles. The third-order valence-electron chi connectivity index (χ3n) is 16.9. The molecular formula is C85H146O17P2. The van der Waals surface area contributed by atoms with Crippen molar-refractivity contribution in [1.29, 1.82) is 0 Å². The Morgan fingerprint density at radius 1 is 0.279 bits per heavy atom. The summed E-state index contributed by atoms with van der Waals surface area (Å²) >= 11 is 0. The Bertz CT molecular complexity index is 2440. The molecule has 19 heteroatoms. The molecule has 0 aliphatic carbocycles. The van der Waals surface area contributed by atoms with E-state index in [-0.39, 0.29) is 25.7 Å². The lowest BCUT2D eigenvalue weighted by molar-refractivity contribution is -0.161. The number of aliphatic hydroxyl groups is 1. The van der Waals surface area contributed by atoms with Gasteiger partial charge in [-0.3, -0.25) is 37.3 Å². The van der Waals surface area contributed by atoms with Gasteiger partial charge >= 0.3 is 39.5 Å². The Morgan fingerprint density at radius 2 is 0.500 bits per heavy atom. The molecular weight excluding hydrogens is 1350 g/mol. The molecule has 0 saturated heterocycles. The van der Waals surface area contributed by atoms with Crippen molar-refractivity contribution >= 4 is 39.5 Å². The molecule has 0 amide bonds. The lowest BCUT2D eigenvalue weighted by atomic mass is 10.0. The molecule has 0 heterocycles. The molecule has 0 aromatic carbocycles. The van der Waals surface area contributed by atoms with Gasteiger partial charge in [0.05, 0.1) is 26.4 Å². The molecule has 0 aliphatic rings. The molecule has 0 aromatic rings. The van der Waals surface area contributed by atoms with Gasteiger partial charge in [-0.05, 0) is 128 Å². The van der Waals surface area contributed by atoms with Crippen LogP contribution in [0.3, 0.4) is 0 Å². The maximum absolute atomic E-state index is 13.1. The Labute approximate surface area is 632 Å². The molecule has 0 saturated carbocycles. The summed E-state index contributed by atoms with van der Waals surface area (Å²) in [4.78, 5) is 73.1. The van der Waals surface area contributed by atoms with Crippen LogP contribution in [0.2, 0.25) is 0 Å². The largest absolute Gasteiger partial charge is 0.472 e. The van der Waals surface area contributed by atoms with E-state index in [4.69, 9.17) is 37.0 Å². The van der Waals surface area contributed by atoms with Crippen LogP contribution >= 0.6 is 15.6 Å². The van der Waals surface area contributed by atoms with Crippen LogP contribution in [0.1, 0.15) is 336 Å². The zero-order valence-electron chi connectivity index (χ0n) is 65.4. The van der Waals surface area contributed by atoms with Gasteiger partial charge in [-0.2, -0.15) is 0 Å². The lowest BCUT2D eigenvalue weighted by Crippen LogP contribution is -2.30. The van der Waals surface area contributed by atoms with Gasteiger partial charge in [0.15, 0.2) is 12.2 Å². The van der Waals surface area contributed by atoms with Crippen molar-refractivity contribution in [3.8, 4) is 0 Å². The average Bonchev–Trinajstić information content (AvgIpc) is 0.910. The van der Waals surface area contributed by atoms with E-state index in [1.54, 1.807) is 0 Å². The second-order valence-electron chi connectivity index (χ2n) is 26.9. The van der Waals surface area contributed by atoms with Crippen molar-refractivity contribution in [2.75, 3.05) is 39.6 Å². The Balaban J connectivity index is 5.38. The van der Waals surface area contributed by atoms with Gasteiger partial charge < -0.3 is 33.8 Å². The minimum absolute atomic E-state index is 0.0763. The molecule has 104 heavy (non-hydrogen) atoms. The van der Waals surface area contributed by atoms with E-state index in [9.17, 15) is 43.2 Å². The maximum atomic E-state index is 13.1. The van der Waals surface area contributed by atoms with Crippen LogP contribution in [0.4, 0.5) is 0 Å². The first-order valence-corrected chi connectivity index (χ1v) is 43.8. The highest BCUT2D eigenvalue weighted by Gasteiger charge is 2.30. The number of phosphoric acid groups is 2. The number of phosphoric ester groups is 2. The van der Waals surface area contributed by atoms with E-state index in [1.165, 1.54) is 51.4 Å². The smallest absolute Gasteiger partial charge is 0.462 e. The van der Waals surface area contributed by atoms with E-state index >= 15 is 0 Å². The predicted molar refractivity (Wildman–Crippen MR) is 427 cm³/mol. The second kappa shape index (κ2) is 76.6. The Kier molecular flexibility index (Phi) is 73.3. The highest BCUT2D eigenvalue weighted by atomic mass is 31.2. The van der Waals surface area contributed by atoms with E-state index in [2.05, 4.69) is 149 Å². The van der Waals surface area contributed by atoms with Gasteiger partial charge in [-0.1, -0.05) is 303 Å². The summed E-state index contributed by atoms with van der Waals surface area (Å²) in [6.45, 7) is 4.53. The average molecular weight is 1500 g/mol. The van der Waals surface area contributed by atoms with Crippen molar-refractivity contribution in [2.24, 2.45) is 0 Å². The number of aliphatic hydroxyl groups excluding tert-OH is 1. The van der Waals surface area contributed by atoms with Crippen molar-refractivity contribution in [2.45, 2.75) is 354 Å². The van der Waals surface area contributed by atoms with E-state index < -0.39 is 97.5 Å². The summed E-state index contributed by atoms with van der Waals surface area (Å²) < 4.78 is 68.7. The molecule has 0 radical (unpaired) electrons. The molecule has 0 fully saturated rings. The SMILES string of the molecule is CC/C=C\C/C=C\C/C=C\C/C=C\CCCCCCC(=O)OCC(COP(=O)(O)OCC(O)COP(=O)(O)OCC(COC(=O)CCCCCCCCC/C=C\C/C=C\C/C=C\CC)OC(=O)CCCCCCCCCCCCCCC)OC(=O)CCCCCCCCC/C=C\C/C=C\C/C=C\CC. The monoisotopic (exact) mass is 1500 g/mol. The van der Waals surface area contributed by atoms with Crippen molar-refractivity contribution in [3.05, 3.63) is 122 Å². The first-order valence-electron chi connectivity index (χ1n) is 40.8. The topological polar surface area (TPSA) is 237 Å². The zero-order chi connectivity index (χ0) is 76.0. The van der Waals surface area contributed by atoms with E-state index in [1.807, 2.05) is 0 Å². The quantitative estimate of drug-likeness (QED) is 0.0169. The standard InChI is InChI=1S/C85H146O17P2/c1-5-9-13-17-21-25-29-33-36-39-42-46-49-53-57-61-65-69-82(87)95-75-80(101-84(89)71-67-63-59-55-51-45-32-28-24-20-16-12-8-4)77-99-103(91,92)97-73-79(86)74-98-104(93,94)100-78-81(102-85(90)72-68-64-60-56-52-48-44-41-38-35-31-27-23-19-15-11-7-3)76-96-83(88)70-66-62-58-54-50-47-43-40-37-34-30-26-22-18-14-10-6-2/h9-11,13-15,21-23,25-27,33-38,43,47,79-81,86H,5-8,12,16-20,24,28-32,39-42,44-46,48-78H2,1-4H3,(H,91,92)(H,93,94)/b13-9-,14-10-,15-11-,25-21-,26-22-,27-23-,36-33-,37-34-,38-35-,47-43-. The number of unbranched alkanes of at least 4 members (excludes halogenated alkanes) is 30. The number of carbonyl (C=O) groups is 4. The van der Waals surface area contributed by atoms with Gasteiger partial charge in [0.2, 0.25) is 0 Å². The van der Waals surface area contributed by atoms with Crippen LogP contribution in [-0.2, 0) is 65.4 Å². The number of rotatable bonds is 76. The summed E-state index contributed by atoms with van der Waals surface area (Å²) in [5.41, 5.74) is 0. The molecule has 0 aliphatic heterocycles. The Hall–Kier alpha value is -4.54. The molecule has 5 atom stereocenters. The first-order chi connectivity index (χ1) is 50.7. The number of allylic oxidation sites excluding steroid dienone is 20. The summed E-state index contributed by atoms with van der Waals surface area (Å²) in [5, 5.41) is 10.7. The van der Waals surface area contributed by atoms with Gasteiger partial charge in [0.1, 0.15) is 19.3 Å². The molecule has 5 unspecified atom stereocenters. The number of carbonyl (C=O) groups excluding carboxylic acids is 4. The fourth-order valence-corrected chi connectivity index (χ4v) is 12.4. The third kappa shape index (κ3) is 75.7. The second-order valence-corrected chi connectivity index (χ2v) is 29.8. The Morgan fingerprint density at radius 3 is 0.769 bits per heavy atom. The number of ether oxygens (including phenoxy) is 4. The number of hydrogen-bond donors (Lipinski definition) is 3. The number of esters is 4. The van der Waals surface area contributed by atoms with Crippen LogP contribution < -0.4 is 0 Å². The van der Waals surface area contributed by atoms with Crippen LogP contribution in [0.15, 0.2) is 122 Å². The minimum atomic E-state index is -4.99. The van der Waals surface area contributed by atoms with Gasteiger partial charge in [0.25, 0.3) is 0 Å². The summed E-state index contributed by atoms with van der Waals surface area (Å²) in [6, 6.07) is 0. The highest BCUT2D eigenvalue weighted by Crippen LogP contribution is 2.45. The van der Waals surface area contributed by atoms with Crippen LogP contribution in [0.5, 0.6) is 0 Å². The van der Waals surface area contributed by atoms with Crippen LogP contribution in [0, 0.1) is 0 Å². The molecule has 0 rings (SSSR count). The third-order valence-corrected chi connectivity index (χ3v) is 18.8. The molecule has 598 valence electrons. The van der Waals surface area contributed by atoms with Gasteiger partial charge in [-0.25, -0.2) is 9.13 Å².